The van der Waals surface area contributed by atoms with Gasteiger partial charge < -0.3 is 4.90 Å². The molecule has 0 aliphatic carbocycles. The number of nitrogens with zero attached hydrogens (tertiary/aromatic N) is 2. The molecule has 2 rings (SSSR count). The molecular formula is C14H15FN2OS. The van der Waals surface area contributed by atoms with E-state index in [4.69, 9.17) is 0 Å². The fourth-order valence-corrected chi connectivity index (χ4v) is 2.43. The van der Waals surface area contributed by atoms with Crippen LogP contribution in [0.2, 0.25) is 0 Å². The monoisotopic (exact) mass is 278 g/mol. The third kappa shape index (κ3) is 3.38. The Labute approximate surface area is 115 Å². The second-order valence-corrected chi connectivity index (χ2v) is 5.51. The number of thiophene rings is 1. The Morgan fingerprint density at radius 3 is 2.74 bits per heavy atom. The third-order valence-corrected chi connectivity index (χ3v) is 3.63. The number of hydrogen-bond acceptors (Lipinski definition) is 3. The minimum Gasteiger partial charge on any atom is -0.331 e. The van der Waals surface area contributed by atoms with E-state index in [1.165, 1.54) is 18.3 Å². The molecule has 0 aliphatic rings. The molecule has 1 amide bonds. The van der Waals surface area contributed by atoms with E-state index in [1.807, 2.05) is 31.4 Å². The summed E-state index contributed by atoms with van der Waals surface area (Å²) in [4.78, 5) is 18.8. The van der Waals surface area contributed by atoms with Gasteiger partial charge in [-0.1, -0.05) is 6.07 Å². The van der Waals surface area contributed by atoms with Gasteiger partial charge in [-0.2, -0.15) is 4.39 Å². The summed E-state index contributed by atoms with van der Waals surface area (Å²) in [5, 5.41) is 1.98. The Balaban J connectivity index is 2.19. The number of amides is 1. The quantitative estimate of drug-likeness (QED) is 0.804. The summed E-state index contributed by atoms with van der Waals surface area (Å²) >= 11 is 1.61. The number of hydrogen-bond donors (Lipinski definition) is 0. The maximum Gasteiger partial charge on any atom is 0.255 e. The maximum absolute atomic E-state index is 12.8. The first-order chi connectivity index (χ1) is 9.08. The van der Waals surface area contributed by atoms with Crippen molar-refractivity contribution in [2.45, 2.75) is 26.4 Å². The molecular weight excluding hydrogens is 263 g/mol. The van der Waals surface area contributed by atoms with Crippen molar-refractivity contribution in [3.63, 3.8) is 0 Å². The lowest BCUT2D eigenvalue weighted by Gasteiger charge is -2.26. The van der Waals surface area contributed by atoms with E-state index in [9.17, 15) is 9.18 Å². The fraction of sp³-hybridized carbons (Fsp3) is 0.286. The number of aromatic nitrogens is 1. The Morgan fingerprint density at radius 2 is 2.21 bits per heavy atom. The molecule has 5 heteroatoms. The molecule has 2 heterocycles. The van der Waals surface area contributed by atoms with Gasteiger partial charge in [-0.3, -0.25) is 4.79 Å². The molecule has 0 unspecified atom stereocenters. The Kier molecular flexibility index (Phi) is 4.27. The molecule has 0 radical (unpaired) electrons. The summed E-state index contributed by atoms with van der Waals surface area (Å²) < 4.78 is 12.8. The van der Waals surface area contributed by atoms with Crippen molar-refractivity contribution in [1.82, 2.24) is 9.88 Å². The van der Waals surface area contributed by atoms with Crippen molar-refractivity contribution < 1.29 is 9.18 Å². The van der Waals surface area contributed by atoms with E-state index in [0.29, 0.717) is 12.1 Å². The minimum absolute atomic E-state index is 0.0691. The van der Waals surface area contributed by atoms with Crippen molar-refractivity contribution in [2.75, 3.05) is 0 Å². The number of halogens is 1. The van der Waals surface area contributed by atoms with E-state index < -0.39 is 5.95 Å². The summed E-state index contributed by atoms with van der Waals surface area (Å²) in [6.45, 7) is 4.48. The second kappa shape index (κ2) is 5.93. The van der Waals surface area contributed by atoms with E-state index in [0.717, 1.165) is 4.88 Å². The number of carbonyl (C=O) groups is 1. The van der Waals surface area contributed by atoms with Gasteiger partial charge in [0, 0.05) is 17.1 Å². The zero-order valence-corrected chi connectivity index (χ0v) is 11.7. The van der Waals surface area contributed by atoms with Crippen LogP contribution < -0.4 is 0 Å². The van der Waals surface area contributed by atoms with Crippen LogP contribution in [0.15, 0.2) is 35.8 Å². The lowest BCUT2D eigenvalue weighted by atomic mass is 10.2. The molecule has 0 N–H and O–H groups in total. The van der Waals surface area contributed by atoms with Crippen LogP contribution >= 0.6 is 11.3 Å². The molecule has 0 fully saturated rings. The van der Waals surface area contributed by atoms with Crippen molar-refractivity contribution in [3.05, 3.63) is 52.2 Å². The zero-order chi connectivity index (χ0) is 13.8. The maximum atomic E-state index is 12.8. The van der Waals surface area contributed by atoms with Gasteiger partial charge in [-0.25, -0.2) is 4.98 Å². The standard InChI is InChI=1S/C14H15FN2OS/c1-10(2)17(9-12-4-3-7-19-12)14(18)11-5-6-13(15)16-8-11/h3-8,10H,9H2,1-2H3. The van der Waals surface area contributed by atoms with Crippen LogP contribution in [0.3, 0.4) is 0 Å². The highest BCUT2D eigenvalue weighted by Crippen LogP contribution is 2.16. The fourth-order valence-electron chi connectivity index (χ4n) is 1.73. The van der Waals surface area contributed by atoms with E-state index in [2.05, 4.69) is 4.98 Å². The van der Waals surface area contributed by atoms with Crippen LogP contribution in [0.1, 0.15) is 29.1 Å². The third-order valence-electron chi connectivity index (χ3n) is 2.76. The van der Waals surface area contributed by atoms with Crippen molar-refractivity contribution in [1.29, 1.82) is 0 Å². The first-order valence-corrected chi connectivity index (χ1v) is 6.91. The van der Waals surface area contributed by atoms with Crippen LogP contribution in [0.4, 0.5) is 4.39 Å². The SMILES string of the molecule is CC(C)N(Cc1cccs1)C(=O)c1ccc(F)nc1. The van der Waals surface area contributed by atoms with E-state index >= 15 is 0 Å². The van der Waals surface area contributed by atoms with Crippen molar-refractivity contribution in [2.24, 2.45) is 0 Å². The molecule has 0 saturated carbocycles. The molecule has 0 aromatic carbocycles. The number of pyridine rings is 1. The van der Waals surface area contributed by atoms with E-state index in [-0.39, 0.29) is 11.9 Å². The average Bonchev–Trinajstić information content (AvgIpc) is 2.88. The number of rotatable bonds is 4. The molecule has 100 valence electrons. The minimum atomic E-state index is -0.578. The van der Waals surface area contributed by atoms with Gasteiger partial charge in [0.05, 0.1) is 12.1 Å². The highest BCUT2D eigenvalue weighted by molar-refractivity contribution is 7.09. The van der Waals surface area contributed by atoms with Gasteiger partial charge in [0.25, 0.3) is 5.91 Å². The zero-order valence-electron chi connectivity index (χ0n) is 10.8. The molecule has 0 atom stereocenters. The van der Waals surface area contributed by atoms with Crippen LogP contribution in [0, 0.1) is 5.95 Å². The van der Waals surface area contributed by atoms with Gasteiger partial charge in [-0.15, -0.1) is 11.3 Å². The first kappa shape index (κ1) is 13.7. The van der Waals surface area contributed by atoms with Gasteiger partial charge in [-0.05, 0) is 37.4 Å². The van der Waals surface area contributed by atoms with Crippen LogP contribution in [-0.4, -0.2) is 21.8 Å². The van der Waals surface area contributed by atoms with E-state index in [1.54, 1.807) is 16.2 Å². The highest BCUT2D eigenvalue weighted by Gasteiger charge is 2.19. The van der Waals surface area contributed by atoms with Crippen LogP contribution in [-0.2, 0) is 6.54 Å². The molecule has 0 aliphatic heterocycles. The Morgan fingerprint density at radius 1 is 1.42 bits per heavy atom. The molecule has 2 aromatic heterocycles. The molecule has 0 spiro atoms. The predicted molar refractivity (Wildman–Crippen MR) is 73.5 cm³/mol. The van der Waals surface area contributed by atoms with Gasteiger partial charge in [0.1, 0.15) is 0 Å². The normalized spacial score (nSPS) is 10.7. The highest BCUT2D eigenvalue weighted by atomic mass is 32.1. The van der Waals surface area contributed by atoms with Gasteiger partial charge in [0.15, 0.2) is 0 Å². The average molecular weight is 278 g/mol. The van der Waals surface area contributed by atoms with Crippen LogP contribution in [0.25, 0.3) is 0 Å². The molecule has 2 aromatic rings. The van der Waals surface area contributed by atoms with Crippen LogP contribution in [0.5, 0.6) is 0 Å². The predicted octanol–water partition coefficient (Wildman–Crippen LogP) is 3.33. The molecule has 0 bridgehead atoms. The van der Waals surface area contributed by atoms with Gasteiger partial charge >= 0.3 is 0 Å². The van der Waals surface area contributed by atoms with Gasteiger partial charge in [0.2, 0.25) is 5.95 Å². The lowest BCUT2D eigenvalue weighted by Crippen LogP contribution is -2.36. The summed E-state index contributed by atoms with van der Waals surface area (Å²) in [5.41, 5.74) is 0.409. The summed E-state index contributed by atoms with van der Waals surface area (Å²) in [6, 6.07) is 6.70. The largest absolute Gasteiger partial charge is 0.331 e. The Hall–Kier alpha value is -1.75. The molecule has 19 heavy (non-hydrogen) atoms. The first-order valence-electron chi connectivity index (χ1n) is 6.03. The topological polar surface area (TPSA) is 33.2 Å². The summed E-state index contributed by atoms with van der Waals surface area (Å²) in [7, 11) is 0. The smallest absolute Gasteiger partial charge is 0.255 e. The van der Waals surface area contributed by atoms with Crippen molar-refractivity contribution in [3.8, 4) is 0 Å². The van der Waals surface area contributed by atoms with Crippen molar-refractivity contribution >= 4 is 17.2 Å². The Bertz CT molecular complexity index is 537. The number of carbonyl (C=O) groups excluding carboxylic acids is 1. The molecule has 3 nitrogen and oxygen atoms in total. The second-order valence-electron chi connectivity index (χ2n) is 4.48. The lowest BCUT2D eigenvalue weighted by molar-refractivity contribution is 0.0692. The molecule has 0 saturated heterocycles. The summed E-state index contributed by atoms with van der Waals surface area (Å²) in [5.74, 6) is -0.707. The summed E-state index contributed by atoms with van der Waals surface area (Å²) in [6.07, 6.45) is 1.28.